The molecule has 154 valence electrons. The number of nitrogens with one attached hydrogen (secondary N) is 1. The molecule has 2 aromatic carbocycles. The molecule has 0 radical (unpaired) electrons. The molecule has 1 heterocycles. The van der Waals surface area contributed by atoms with Gasteiger partial charge >= 0.3 is 6.03 Å². The molecule has 1 N–H and O–H groups in total. The van der Waals surface area contributed by atoms with Crippen LogP contribution in [0.15, 0.2) is 54.6 Å². The van der Waals surface area contributed by atoms with Gasteiger partial charge in [0.2, 0.25) is 0 Å². The lowest BCUT2D eigenvalue weighted by Gasteiger charge is -2.23. The van der Waals surface area contributed by atoms with Crippen LogP contribution in [0.2, 0.25) is 5.02 Å². The summed E-state index contributed by atoms with van der Waals surface area (Å²) in [6.45, 7) is 5.11. The lowest BCUT2D eigenvalue weighted by molar-refractivity contribution is 0.0762. The second kappa shape index (κ2) is 10.3. The minimum absolute atomic E-state index is 0.0581. The standard InChI is InChI=1S/C23H28ClN3O2/c1-18(19-8-3-2-4-9-19)12-13-25-23(29)27-15-7-14-26(16-17-27)22(28)20-10-5-6-11-21(20)24/h2-6,8-11,18H,7,12-17H2,1H3,(H,25,29). The third-order valence-electron chi connectivity index (χ3n) is 5.40. The van der Waals surface area contributed by atoms with Crippen LogP contribution in [-0.4, -0.2) is 54.5 Å². The van der Waals surface area contributed by atoms with E-state index < -0.39 is 0 Å². The summed E-state index contributed by atoms with van der Waals surface area (Å²) in [5.74, 6) is 0.318. The first-order valence-corrected chi connectivity index (χ1v) is 10.6. The van der Waals surface area contributed by atoms with Crippen LogP contribution in [0.5, 0.6) is 0 Å². The number of amides is 3. The zero-order valence-electron chi connectivity index (χ0n) is 16.8. The second-order valence-electron chi connectivity index (χ2n) is 7.44. The highest BCUT2D eigenvalue weighted by Crippen LogP contribution is 2.19. The highest BCUT2D eigenvalue weighted by molar-refractivity contribution is 6.33. The van der Waals surface area contributed by atoms with Gasteiger partial charge in [0.15, 0.2) is 0 Å². The van der Waals surface area contributed by atoms with Crippen LogP contribution in [0.4, 0.5) is 4.79 Å². The Kier molecular flexibility index (Phi) is 7.53. The van der Waals surface area contributed by atoms with E-state index in [0.717, 1.165) is 12.8 Å². The number of nitrogens with zero attached hydrogens (tertiary/aromatic N) is 2. The van der Waals surface area contributed by atoms with Crippen LogP contribution in [-0.2, 0) is 0 Å². The van der Waals surface area contributed by atoms with Crippen molar-refractivity contribution in [1.29, 1.82) is 0 Å². The van der Waals surface area contributed by atoms with Gasteiger partial charge < -0.3 is 15.1 Å². The molecule has 3 amide bonds. The molecular formula is C23H28ClN3O2. The Hall–Kier alpha value is -2.53. The summed E-state index contributed by atoms with van der Waals surface area (Å²) < 4.78 is 0. The molecule has 6 heteroatoms. The van der Waals surface area contributed by atoms with Gasteiger partial charge in [-0.2, -0.15) is 0 Å². The van der Waals surface area contributed by atoms with Crippen molar-refractivity contribution >= 4 is 23.5 Å². The molecule has 1 atom stereocenters. The van der Waals surface area contributed by atoms with Crippen molar-refractivity contribution in [2.45, 2.75) is 25.7 Å². The summed E-state index contributed by atoms with van der Waals surface area (Å²) in [6, 6.07) is 17.4. The van der Waals surface area contributed by atoms with Crippen LogP contribution in [0.25, 0.3) is 0 Å². The average Bonchev–Trinajstić information content (AvgIpc) is 3.00. The number of halogens is 1. The van der Waals surface area contributed by atoms with Crippen LogP contribution in [0.3, 0.4) is 0 Å². The molecule has 1 saturated heterocycles. The minimum Gasteiger partial charge on any atom is -0.338 e. The van der Waals surface area contributed by atoms with Crippen LogP contribution in [0, 0.1) is 0 Å². The van der Waals surface area contributed by atoms with E-state index in [9.17, 15) is 9.59 Å². The SMILES string of the molecule is CC(CCNC(=O)N1CCCN(C(=O)c2ccccc2Cl)CC1)c1ccccc1. The Labute approximate surface area is 177 Å². The third-order valence-corrected chi connectivity index (χ3v) is 5.73. The van der Waals surface area contributed by atoms with E-state index in [1.54, 1.807) is 21.9 Å². The summed E-state index contributed by atoms with van der Waals surface area (Å²) in [4.78, 5) is 28.9. The second-order valence-corrected chi connectivity index (χ2v) is 7.85. The van der Waals surface area contributed by atoms with Crippen LogP contribution in [0.1, 0.15) is 41.6 Å². The Balaban J connectivity index is 1.47. The van der Waals surface area contributed by atoms with E-state index >= 15 is 0 Å². The van der Waals surface area contributed by atoms with Crippen molar-refractivity contribution in [2.75, 3.05) is 32.7 Å². The van der Waals surface area contributed by atoms with Crippen LogP contribution >= 0.6 is 11.6 Å². The Morgan fingerprint density at radius 3 is 2.38 bits per heavy atom. The normalized spacial score (nSPS) is 15.5. The fourth-order valence-electron chi connectivity index (χ4n) is 3.58. The topological polar surface area (TPSA) is 52.7 Å². The molecule has 2 aromatic rings. The van der Waals surface area contributed by atoms with Crippen LogP contribution < -0.4 is 5.32 Å². The van der Waals surface area contributed by atoms with Crippen molar-refractivity contribution in [3.8, 4) is 0 Å². The van der Waals surface area contributed by atoms with Crippen molar-refractivity contribution < 1.29 is 9.59 Å². The van der Waals surface area contributed by atoms with Crippen molar-refractivity contribution in [3.05, 3.63) is 70.7 Å². The summed E-state index contributed by atoms with van der Waals surface area (Å²) >= 11 is 6.16. The summed E-state index contributed by atoms with van der Waals surface area (Å²) in [7, 11) is 0. The number of carbonyl (C=O) groups is 2. The van der Waals surface area contributed by atoms with Gasteiger partial charge in [-0.1, -0.05) is 61.0 Å². The van der Waals surface area contributed by atoms with Gasteiger partial charge in [-0.25, -0.2) is 4.79 Å². The van der Waals surface area contributed by atoms with Crippen molar-refractivity contribution in [3.63, 3.8) is 0 Å². The lowest BCUT2D eigenvalue weighted by Crippen LogP contribution is -2.43. The first kappa shape index (κ1) is 21.2. The number of hydrogen-bond acceptors (Lipinski definition) is 2. The van der Waals surface area contributed by atoms with Gasteiger partial charge in [-0.05, 0) is 36.5 Å². The molecule has 29 heavy (non-hydrogen) atoms. The van der Waals surface area contributed by atoms with Gasteiger partial charge in [0.1, 0.15) is 0 Å². The zero-order chi connectivity index (χ0) is 20.6. The molecule has 1 unspecified atom stereocenters. The Morgan fingerprint density at radius 1 is 0.966 bits per heavy atom. The molecule has 0 aliphatic carbocycles. The number of rotatable bonds is 5. The first-order chi connectivity index (χ1) is 14.1. The summed E-state index contributed by atoms with van der Waals surface area (Å²) in [6.07, 6.45) is 1.64. The fraction of sp³-hybridized carbons (Fsp3) is 0.391. The van der Waals surface area contributed by atoms with E-state index in [1.807, 2.05) is 30.3 Å². The summed E-state index contributed by atoms with van der Waals surface area (Å²) in [5.41, 5.74) is 1.80. The van der Waals surface area contributed by atoms with E-state index in [2.05, 4.69) is 24.4 Å². The van der Waals surface area contributed by atoms with Crippen molar-refractivity contribution in [2.24, 2.45) is 0 Å². The minimum atomic E-state index is -0.0745. The van der Waals surface area contributed by atoms with Gasteiger partial charge in [0.25, 0.3) is 5.91 Å². The molecule has 5 nitrogen and oxygen atoms in total. The van der Waals surface area contributed by atoms with E-state index in [-0.39, 0.29) is 11.9 Å². The maximum atomic E-state index is 12.8. The lowest BCUT2D eigenvalue weighted by atomic mass is 9.98. The maximum Gasteiger partial charge on any atom is 0.317 e. The van der Waals surface area contributed by atoms with Crippen molar-refractivity contribution in [1.82, 2.24) is 15.1 Å². The Morgan fingerprint density at radius 2 is 1.62 bits per heavy atom. The number of benzene rings is 2. The van der Waals surface area contributed by atoms with E-state index in [1.165, 1.54) is 5.56 Å². The number of hydrogen-bond donors (Lipinski definition) is 1. The quantitative estimate of drug-likeness (QED) is 0.790. The number of carbonyl (C=O) groups excluding carboxylic acids is 2. The molecule has 0 saturated carbocycles. The predicted octanol–water partition coefficient (Wildman–Crippen LogP) is 4.39. The monoisotopic (exact) mass is 413 g/mol. The average molecular weight is 414 g/mol. The summed E-state index contributed by atoms with van der Waals surface area (Å²) in [5, 5.41) is 3.49. The molecule has 0 bridgehead atoms. The van der Waals surface area contributed by atoms with Gasteiger partial charge in [0.05, 0.1) is 10.6 Å². The molecule has 0 aromatic heterocycles. The zero-order valence-corrected chi connectivity index (χ0v) is 17.6. The van der Waals surface area contributed by atoms with Gasteiger partial charge in [-0.15, -0.1) is 0 Å². The van der Waals surface area contributed by atoms with Gasteiger partial charge in [0, 0.05) is 32.7 Å². The molecule has 3 rings (SSSR count). The van der Waals surface area contributed by atoms with E-state index in [4.69, 9.17) is 11.6 Å². The third kappa shape index (κ3) is 5.73. The highest BCUT2D eigenvalue weighted by atomic mass is 35.5. The maximum absolute atomic E-state index is 12.8. The Bertz CT molecular complexity index is 828. The number of urea groups is 1. The smallest absolute Gasteiger partial charge is 0.317 e. The highest BCUT2D eigenvalue weighted by Gasteiger charge is 2.23. The van der Waals surface area contributed by atoms with Gasteiger partial charge in [-0.3, -0.25) is 4.79 Å². The largest absolute Gasteiger partial charge is 0.338 e. The molecule has 1 aliphatic heterocycles. The van der Waals surface area contributed by atoms with E-state index in [0.29, 0.717) is 49.2 Å². The molecule has 1 fully saturated rings. The fourth-order valence-corrected chi connectivity index (χ4v) is 3.80. The molecule has 1 aliphatic rings. The first-order valence-electron chi connectivity index (χ1n) is 10.2. The molecule has 0 spiro atoms. The predicted molar refractivity (Wildman–Crippen MR) is 116 cm³/mol. The molecular weight excluding hydrogens is 386 g/mol.